The molecule has 1 atom stereocenters. The molecule has 19 heavy (non-hydrogen) atoms. The van der Waals surface area contributed by atoms with Crippen molar-refractivity contribution >= 4 is 40.9 Å². The first kappa shape index (κ1) is 13.6. The van der Waals surface area contributed by atoms with Crippen molar-refractivity contribution in [3.63, 3.8) is 0 Å². The van der Waals surface area contributed by atoms with E-state index in [1.807, 2.05) is 17.0 Å². The van der Waals surface area contributed by atoms with Gasteiger partial charge in [0.05, 0.1) is 0 Å². The number of carbonyl (C=O) groups excluding carboxylic acids is 1. The van der Waals surface area contributed by atoms with Crippen LogP contribution in [0.2, 0.25) is 10.0 Å². The highest BCUT2D eigenvalue weighted by Gasteiger charge is 2.37. The van der Waals surface area contributed by atoms with Crippen molar-refractivity contribution in [2.75, 3.05) is 12.3 Å². The maximum atomic E-state index is 12.4. The van der Waals surface area contributed by atoms with E-state index in [2.05, 4.69) is 0 Å². The summed E-state index contributed by atoms with van der Waals surface area (Å²) in [5.74, 6) is 1.52. The third-order valence-electron chi connectivity index (χ3n) is 3.86. The predicted octanol–water partition coefficient (Wildman–Crippen LogP) is 4.37. The Bertz CT molecular complexity index is 504. The second kappa shape index (κ2) is 5.55. The van der Waals surface area contributed by atoms with Crippen LogP contribution in [0.25, 0.3) is 0 Å². The van der Waals surface area contributed by atoms with Crippen molar-refractivity contribution in [3.8, 4) is 0 Å². The van der Waals surface area contributed by atoms with Crippen LogP contribution >= 0.6 is 35.0 Å². The molecular formula is C14H15Cl2NOS. The summed E-state index contributed by atoms with van der Waals surface area (Å²) >= 11 is 14.0. The molecule has 2 aliphatic rings. The molecular weight excluding hydrogens is 301 g/mol. The van der Waals surface area contributed by atoms with Gasteiger partial charge in [0.2, 0.25) is 5.91 Å². The first-order valence-electron chi connectivity index (χ1n) is 6.54. The minimum absolute atomic E-state index is 0.0536. The number of hydrogen-bond donors (Lipinski definition) is 0. The van der Waals surface area contributed by atoms with Crippen LogP contribution in [0.3, 0.4) is 0 Å². The van der Waals surface area contributed by atoms with Crippen molar-refractivity contribution in [1.82, 2.24) is 4.90 Å². The Morgan fingerprint density at radius 3 is 2.74 bits per heavy atom. The van der Waals surface area contributed by atoms with E-state index in [0.717, 1.165) is 30.7 Å². The molecule has 1 saturated heterocycles. The fourth-order valence-corrected chi connectivity index (χ4v) is 4.42. The number of thioether (sulfide) groups is 1. The molecule has 1 aliphatic carbocycles. The largest absolute Gasteiger partial charge is 0.325 e. The summed E-state index contributed by atoms with van der Waals surface area (Å²) < 4.78 is 0. The zero-order valence-corrected chi connectivity index (χ0v) is 12.8. The molecule has 102 valence electrons. The van der Waals surface area contributed by atoms with Crippen LogP contribution in [0.4, 0.5) is 0 Å². The fourth-order valence-electron chi connectivity index (χ4n) is 2.54. The summed E-state index contributed by atoms with van der Waals surface area (Å²) in [6.45, 7) is 0.823. The van der Waals surface area contributed by atoms with E-state index in [0.29, 0.717) is 16.0 Å². The van der Waals surface area contributed by atoms with Gasteiger partial charge in [-0.25, -0.2) is 0 Å². The van der Waals surface area contributed by atoms with E-state index in [9.17, 15) is 4.79 Å². The summed E-state index contributed by atoms with van der Waals surface area (Å²) in [5.41, 5.74) is 1.00. The zero-order valence-electron chi connectivity index (χ0n) is 10.4. The van der Waals surface area contributed by atoms with Gasteiger partial charge in [-0.05, 0) is 25.0 Å². The Balaban J connectivity index is 1.84. The molecule has 1 saturated carbocycles. The molecule has 0 spiro atoms. The van der Waals surface area contributed by atoms with E-state index in [-0.39, 0.29) is 11.3 Å². The summed E-state index contributed by atoms with van der Waals surface area (Å²) in [6.07, 6.45) is 3.27. The second-order valence-corrected chi connectivity index (χ2v) is 7.08. The Morgan fingerprint density at radius 1 is 1.32 bits per heavy atom. The lowest BCUT2D eigenvalue weighted by atomic mass is 9.84. The van der Waals surface area contributed by atoms with E-state index >= 15 is 0 Å². The van der Waals surface area contributed by atoms with Gasteiger partial charge in [-0.2, -0.15) is 0 Å². The second-order valence-electron chi connectivity index (χ2n) is 5.05. The van der Waals surface area contributed by atoms with Gasteiger partial charge in [0.1, 0.15) is 5.37 Å². The lowest BCUT2D eigenvalue weighted by Crippen LogP contribution is -2.38. The van der Waals surface area contributed by atoms with Gasteiger partial charge in [0, 0.05) is 33.8 Å². The van der Waals surface area contributed by atoms with Crippen LogP contribution in [0, 0.1) is 5.92 Å². The Labute approximate surface area is 127 Å². The number of nitrogens with zero attached hydrogens (tertiary/aromatic N) is 1. The minimum atomic E-state index is 0.0536. The zero-order chi connectivity index (χ0) is 13.4. The molecule has 1 aliphatic heterocycles. The third-order valence-corrected chi connectivity index (χ3v) is 5.66. The highest BCUT2D eigenvalue weighted by atomic mass is 35.5. The lowest BCUT2D eigenvalue weighted by molar-refractivity contribution is -0.138. The maximum Gasteiger partial charge on any atom is 0.226 e. The monoisotopic (exact) mass is 315 g/mol. The van der Waals surface area contributed by atoms with Crippen molar-refractivity contribution < 1.29 is 4.79 Å². The SMILES string of the molecule is O=C(C1CCC1)N1CCS[C@H]1c1ccc(Cl)cc1Cl. The van der Waals surface area contributed by atoms with Crippen LogP contribution < -0.4 is 0 Å². The molecule has 0 bridgehead atoms. The molecule has 0 N–H and O–H groups in total. The summed E-state index contributed by atoms with van der Waals surface area (Å²) in [7, 11) is 0. The first-order chi connectivity index (χ1) is 9.16. The number of amides is 1. The van der Waals surface area contributed by atoms with Gasteiger partial charge in [0.25, 0.3) is 0 Å². The molecule has 0 unspecified atom stereocenters. The van der Waals surface area contributed by atoms with Gasteiger partial charge in [0.15, 0.2) is 0 Å². The molecule has 1 heterocycles. The van der Waals surface area contributed by atoms with Crippen LogP contribution in [0.15, 0.2) is 18.2 Å². The topological polar surface area (TPSA) is 20.3 Å². The smallest absolute Gasteiger partial charge is 0.226 e. The van der Waals surface area contributed by atoms with Crippen molar-refractivity contribution in [3.05, 3.63) is 33.8 Å². The standard InChI is InChI=1S/C14H15Cl2NOS/c15-10-4-5-11(12(16)8-10)14-17(6-7-19-14)13(18)9-2-1-3-9/h4-5,8-9,14H,1-3,6-7H2/t14-/m0/s1. The van der Waals surface area contributed by atoms with Crippen LogP contribution in [-0.4, -0.2) is 23.1 Å². The summed E-state index contributed by atoms with van der Waals surface area (Å²) in [6, 6.07) is 5.53. The third kappa shape index (κ3) is 2.61. The number of carbonyl (C=O) groups is 1. The molecule has 0 radical (unpaired) electrons. The van der Waals surface area contributed by atoms with E-state index < -0.39 is 0 Å². The average molecular weight is 316 g/mol. The molecule has 3 rings (SSSR count). The molecule has 1 amide bonds. The van der Waals surface area contributed by atoms with Gasteiger partial charge >= 0.3 is 0 Å². The van der Waals surface area contributed by atoms with Crippen LogP contribution in [-0.2, 0) is 4.79 Å². The van der Waals surface area contributed by atoms with Crippen molar-refractivity contribution in [2.45, 2.75) is 24.6 Å². The van der Waals surface area contributed by atoms with Crippen LogP contribution in [0.5, 0.6) is 0 Å². The summed E-state index contributed by atoms with van der Waals surface area (Å²) in [5, 5.41) is 1.34. The van der Waals surface area contributed by atoms with Crippen LogP contribution in [0.1, 0.15) is 30.2 Å². The van der Waals surface area contributed by atoms with Gasteiger partial charge in [-0.3, -0.25) is 4.79 Å². The highest BCUT2D eigenvalue weighted by Crippen LogP contribution is 2.43. The molecule has 1 aromatic carbocycles. The van der Waals surface area contributed by atoms with Crippen molar-refractivity contribution in [2.24, 2.45) is 5.92 Å². The van der Waals surface area contributed by atoms with Gasteiger partial charge < -0.3 is 4.90 Å². The van der Waals surface area contributed by atoms with Crippen molar-refractivity contribution in [1.29, 1.82) is 0 Å². The van der Waals surface area contributed by atoms with Gasteiger partial charge in [-0.15, -0.1) is 11.8 Å². The molecule has 2 nitrogen and oxygen atoms in total. The quantitative estimate of drug-likeness (QED) is 0.807. The molecule has 2 fully saturated rings. The molecule has 0 aromatic heterocycles. The van der Waals surface area contributed by atoms with E-state index in [1.54, 1.807) is 17.8 Å². The number of benzene rings is 1. The first-order valence-corrected chi connectivity index (χ1v) is 8.34. The van der Waals surface area contributed by atoms with E-state index in [4.69, 9.17) is 23.2 Å². The number of hydrogen-bond acceptors (Lipinski definition) is 2. The minimum Gasteiger partial charge on any atom is -0.325 e. The Hall–Kier alpha value is -0.380. The highest BCUT2D eigenvalue weighted by molar-refractivity contribution is 7.99. The summed E-state index contributed by atoms with van der Waals surface area (Å²) in [4.78, 5) is 14.4. The van der Waals surface area contributed by atoms with E-state index in [1.165, 1.54) is 6.42 Å². The van der Waals surface area contributed by atoms with Gasteiger partial charge in [-0.1, -0.05) is 35.7 Å². The normalized spacial score (nSPS) is 23.5. The molecule has 1 aromatic rings. The lowest BCUT2D eigenvalue weighted by Gasteiger charge is -2.32. The average Bonchev–Trinajstić information content (AvgIpc) is 2.75. The fraction of sp³-hybridized carbons (Fsp3) is 0.500. The maximum absolute atomic E-state index is 12.4. The number of halogens is 2. The molecule has 5 heteroatoms. The number of rotatable bonds is 2. The Kier molecular flexibility index (Phi) is 3.97. The predicted molar refractivity (Wildman–Crippen MR) is 80.7 cm³/mol. The Morgan fingerprint density at radius 2 is 2.11 bits per heavy atom.